The van der Waals surface area contributed by atoms with E-state index in [1.54, 1.807) is 0 Å². The molecule has 0 aliphatic rings. The molecule has 2 amide bonds. The van der Waals surface area contributed by atoms with E-state index in [1.165, 1.54) is 43.5 Å². The van der Waals surface area contributed by atoms with Crippen LogP contribution in [-0.4, -0.2) is 18.9 Å². The van der Waals surface area contributed by atoms with Crippen molar-refractivity contribution < 1.29 is 18.7 Å². The van der Waals surface area contributed by atoms with E-state index < -0.39 is 17.6 Å². The maximum atomic E-state index is 13.5. The van der Waals surface area contributed by atoms with Crippen LogP contribution in [0.3, 0.4) is 0 Å². The Labute approximate surface area is 120 Å². The van der Waals surface area contributed by atoms with Gasteiger partial charge in [0.15, 0.2) is 11.6 Å². The third kappa shape index (κ3) is 3.36. The number of halogens is 1. The fraction of sp³-hybridized carbons (Fsp3) is 0.0667. The van der Waals surface area contributed by atoms with Gasteiger partial charge in [0.1, 0.15) is 0 Å². The number of methoxy groups -OCH3 is 1. The first-order valence-corrected chi connectivity index (χ1v) is 6.06. The molecule has 0 aliphatic carbocycles. The van der Waals surface area contributed by atoms with Crippen molar-refractivity contribution in [1.82, 2.24) is 0 Å². The summed E-state index contributed by atoms with van der Waals surface area (Å²) in [5.74, 6) is -1.57. The Balaban J connectivity index is 2.14. The molecule has 0 fully saturated rings. The first-order valence-electron chi connectivity index (χ1n) is 6.06. The van der Waals surface area contributed by atoms with Crippen LogP contribution in [0.2, 0.25) is 0 Å². The number of nitrogens with two attached hydrogens (primary N) is 1. The molecule has 108 valence electrons. The highest BCUT2D eigenvalue weighted by atomic mass is 19.1. The zero-order valence-electron chi connectivity index (χ0n) is 11.2. The Morgan fingerprint density at radius 2 is 1.71 bits per heavy atom. The third-order valence-electron chi connectivity index (χ3n) is 2.84. The average Bonchev–Trinajstić information content (AvgIpc) is 2.47. The van der Waals surface area contributed by atoms with Gasteiger partial charge in [-0.1, -0.05) is 0 Å². The SMILES string of the molecule is COc1ccc(C(=O)Nc2ccc(C(N)=O)cc2)cc1F. The maximum Gasteiger partial charge on any atom is 0.255 e. The number of rotatable bonds is 4. The Bertz CT molecular complexity index is 684. The van der Waals surface area contributed by atoms with Crippen LogP contribution in [0.15, 0.2) is 42.5 Å². The van der Waals surface area contributed by atoms with E-state index in [1.807, 2.05) is 0 Å². The minimum absolute atomic E-state index is 0.0670. The van der Waals surface area contributed by atoms with Gasteiger partial charge in [-0.2, -0.15) is 0 Å². The molecule has 0 bridgehead atoms. The number of ether oxygens (including phenoxy) is 1. The van der Waals surface area contributed by atoms with Gasteiger partial charge >= 0.3 is 0 Å². The molecule has 0 aromatic heterocycles. The highest BCUT2D eigenvalue weighted by Gasteiger charge is 2.10. The van der Waals surface area contributed by atoms with Gasteiger partial charge in [0.2, 0.25) is 5.91 Å². The number of hydrogen-bond donors (Lipinski definition) is 2. The summed E-state index contributed by atoms with van der Waals surface area (Å²) in [7, 11) is 1.35. The summed E-state index contributed by atoms with van der Waals surface area (Å²) in [6.07, 6.45) is 0. The van der Waals surface area contributed by atoms with E-state index in [-0.39, 0.29) is 11.3 Å². The molecule has 3 N–H and O–H groups in total. The quantitative estimate of drug-likeness (QED) is 0.904. The van der Waals surface area contributed by atoms with E-state index in [2.05, 4.69) is 5.32 Å². The second kappa shape index (κ2) is 6.04. The molecule has 0 atom stereocenters. The number of amides is 2. The molecule has 0 heterocycles. The first kappa shape index (κ1) is 14.5. The van der Waals surface area contributed by atoms with Gasteiger partial charge in [-0.25, -0.2) is 4.39 Å². The van der Waals surface area contributed by atoms with Gasteiger partial charge in [0.05, 0.1) is 7.11 Å². The summed E-state index contributed by atoms with van der Waals surface area (Å²) < 4.78 is 18.3. The van der Waals surface area contributed by atoms with Crippen LogP contribution >= 0.6 is 0 Å². The van der Waals surface area contributed by atoms with E-state index in [0.29, 0.717) is 11.3 Å². The lowest BCUT2D eigenvalue weighted by Gasteiger charge is -2.07. The topological polar surface area (TPSA) is 81.4 Å². The molecule has 2 aromatic rings. The van der Waals surface area contributed by atoms with E-state index >= 15 is 0 Å². The van der Waals surface area contributed by atoms with Crippen molar-refractivity contribution in [2.75, 3.05) is 12.4 Å². The minimum atomic E-state index is -0.616. The van der Waals surface area contributed by atoms with Gasteiger partial charge < -0.3 is 15.8 Å². The molecule has 0 saturated carbocycles. The van der Waals surface area contributed by atoms with E-state index in [4.69, 9.17) is 10.5 Å². The number of benzene rings is 2. The van der Waals surface area contributed by atoms with Gasteiger partial charge in [-0.05, 0) is 42.5 Å². The lowest BCUT2D eigenvalue weighted by molar-refractivity contribution is 0.0998. The fourth-order valence-electron chi connectivity index (χ4n) is 1.73. The zero-order chi connectivity index (χ0) is 15.4. The Morgan fingerprint density at radius 3 is 2.24 bits per heavy atom. The maximum absolute atomic E-state index is 13.5. The van der Waals surface area contributed by atoms with Crippen molar-refractivity contribution >= 4 is 17.5 Å². The van der Waals surface area contributed by atoms with Crippen LogP contribution in [0.4, 0.5) is 10.1 Å². The highest BCUT2D eigenvalue weighted by Crippen LogP contribution is 2.18. The van der Waals surface area contributed by atoms with Gasteiger partial charge in [0, 0.05) is 16.8 Å². The smallest absolute Gasteiger partial charge is 0.255 e. The molecular weight excluding hydrogens is 275 g/mol. The molecule has 0 saturated heterocycles. The van der Waals surface area contributed by atoms with Crippen LogP contribution in [0, 0.1) is 5.82 Å². The number of nitrogens with one attached hydrogen (secondary N) is 1. The Morgan fingerprint density at radius 1 is 1.10 bits per heavy atom. The van der Waals surface area contributed by atoms with Gasteiger partial charge in [0.25, 0.3) is 5.91 Å². The second-order valence-electron chi connectivity index (χ2n) is 4.25. The molecule has 0 radical (unpaired) electrons. The van der Waals surface area contributed by atoms with E-state index in [0.717, 1.165) is 6.07 Å². The number of carbonyl (C=O) groups excluding carboxylic acids is 2. The predicted octanol–water partition coefficient (Wildman–Crippen LogP) is 2.19. The highest BCUT2D eigenvalue weighted by molar-refractivity contribution is 6.04. The molecule has 0 aliphatic heterocycles. The lowest BCUT2D eigenvalue weighted by Crippen LogP contribution is -2.13. The van der Waals surface area contributed by atoms with Crippen molar-refractivity contribution in [2.24, 2.45) is 5.73 Å². The fourth-order valence-corrected chi connectivity index (χ4v) is 1.73. The minimum Gasteiger partial charge on any atom is -0.494 e. The van der Waals surface area contributed by atoms with Gasteiger partial charge in [-0.15, -0.1) is 0 Å². The predicted molar refractivity (Wildman–Crippen MR) is 75.9 cm³/mol. The third-order valence-corrected chi connectivity index (χ3v) is 2.84. The Hall–Kier alpha value is -2.89. The summed E-state index contributed by atoms with van der Waals surface area (Å²) >= 11 is 0. The summed E-state index contributed by atoms with van der Waals surface area (Å²) in [4.78, 5) is 22.9. The van der Waals surface area contributed by atoms with Crippen molar-refractivity contribution in [3.05, 3.63) is 59.4 Å². The molecular formula is C15H13FN2O3. The van der Waals surface area contributed by atoms with Crippen molar-refractivity contribution in [3.63, 3.8) is 0 Å². The largest absolute Gasteiger partial charge is 0.494 e. The summed E-state index contributed by atoms with van der Waals surface area (Å²) in [5.41, 5.74) is 6.09. The monoisotopic (exact) mass is 288 g/mol. The normalized spacial score (nSPS) is 10.0. The van der Waals surface area contributed by atoms with Crippen LogP contribution in [0.1, 0.15) is 20.7 Å². The van der Waals surface area contributed by atoms with Crippen LogP contribution in [0.5, 0.6) is 5.75 Å². The van der Waals surface area contributed by atoms with Crippen molar-refractivity contribution in [3.8, 4) is 5.75 Å². The van der Waals surface area contributed by atoms with Crippen LogP contribution in [0.25, 0.3) is 0 Å². The molecule has 0 unspecified atom stereocenters. The van der Waals surface area contributed by atoms with Crippen molar-refractivity contribution in [1.29, 1.82) is 0 Å². The molecule has 2 rings (SSSR count). The lowest BCUT2D eigenvalue weighted by atomic mass is 10.1. The first-order chi connectivity index (χ1) is 10.0. The average molecular weight is 288 g/mol. The number of hydrogen-bond acceptors (Lipinski definition) is 3. The summed E-state index contributed by atoms with van der Waals surface area (Å²) in [5, 5.41) is 2.59. The molecule has 6 heteroatoms. The van der Waals surface area contributed by atoms with Crippen LogP contribution in [-0.2, 0) is 0 Å². The summed E-state index contributed by atoms with van der Waals surface area (Å²) in [6, 6.07) is 9.98. The van der Waals surface area contributed by atoms with E-state index in [9.17, 15) is 14.0 Å². The number of primary amides is 1. The number of anilines is 1. The molecule has 0 spiro atoms. The Kier molecular flexibility index (Phi) is 4.18. The van der Waals surface area contributed by atoms with Crippen LogP contribution < -0.4 is 15.8 Å². The second-order valence-corrected chi connectivity index (χ2v) is 4.25. The molecule has 5 nitrogen and oxygen atoms in total. The van der Waals surface area contributed by atoms with Gasteiger partial charge in [-0.3, -0.25) is 9.59 Å². The number of carbonyl (C=O) groups is 2. The standard InChI is InChI=1S/C15H13FN2O3/c1-21-13-7-4-10(8-12(13)16)15(20)18-11-5-2-9(3-6-11)14(17)19/h2-8H,1H3,(H2,17,19)(H,18,20). The zero-order valence-corrected chi connectivity index (χ0v) is 11.2. The summed E-state index contributed by atoms with van der Waals surface area (Å²) in [6.45, 7) is 0. The molecule has 2 aromatic carbocycles. The van der Waals surface area contributed by atoms with Crippen molar-refractivity contribution in [2.45, 2.75) is 0 Å². The molecule has 21 heavy (non-hydrogen) atoms.